The van der Waals surface area contributed by atoms with Crippen LogP contribution in [0.3, 0.4) is 0 Å². The number of aromatic nitrogens is 2. The molecule has 35 heavy (non-hydrogen) atoms. The number of H-pyrrole nitrogens is 1. The first-order valence-electron chi connectivity index (χ1n) is 12.8. The van der Waals surface area contributed by atoms with Crippen molar-refractivity contribution in [3.05, 3.63) is 24.4 Å². The van der Waals surface area contributed by atoms with Crippen molar-refractivity contribution < 1.29 is 17.9 Å². The number of aromatic amines is 1. The Morgan fingerprint density at radius 1 is 1.09 bits per heavy atom. The van der Waals surface area contributed by atoms with Crippen molar-refractivity contribution in [3.63, 3.8) is 0 Å². The van der Waals surface area contributed by atoms with Gasteiger partial charge in [0, 0.05) is 30.7 Å². The van der Waals surface area contributed by atoms with Gasteiger partial charge in [0.25, 0.3) is 0 Å². The summed E-state index contributed by atoms with van der Waals surface area (Å²) in [7, 11) is -1.34. The molecular formula is C26H34N4O4S. The normalized spacial score (nSPS) is 24.3. The van der Waals surface area contributed by atoms with Gasteiger partial charge in [-0.05, 0) is 63.7 Å². The van der Waals surface area contributed by atoms with Crippen LogP contribution in [0.2, 0.25) is 0 Å². The molecule has 0 saturated carbocycles. The first-order valence-corrected chi connectivity index (χ1v) is 14.6. The lowest BCUT2D eigenvalue weighted by atomic mass is 9.95. The number of sulfone groups is 1. The van der Waals surface area contributed by atoms with Gasteiger partial charge >= 0.3 is 0 Å². The Bertz CT molecular complexity index is 1350. The lowest BCUT2D eigenvalue weighted by Crippen LogP contribution is -2.45. The molecule has 3 aliphatic rings. The number of anilines is 1. The molecule has 0 aliphatic carbocycles. The number of hydrogen-bond acceptors (Lipinski definition) is 7. The van der Waals surface area contributed by atoms with E-state index in [4.69, 9.17) is 14.5 Å². The molecule has 3 aliphatic heterocycles. The number of nitrogens with zero attached hydrogens (tertiary/aromatic N) is 3. The highest BCUT2D eigenvalue weighted by Gasteiger charge is 2.50. The van der Waals surface area contributed by atoms with Crippen molar-refractivity contribution >= 4 is 37.5 Å². The molecule has 3 fully saturated rings. The predicted octanol–water partition coefficient (Wildman–Crippen LogP) is 3.75. The SMILES string of the molecule is COc1cc2c(cc1OCCCN1CCCC1)[nH]c1ccnc(N3CCCC34CCS(=O)(=O)C4)c12. The highest BCUT2D eigenvalue weighted by molar-refractivity contribution is 7.91. The van der Waals surface area contributed by atoms with E-state index in [1.165, 1.54) is 25.9 Å². The van der Waals surface area contributed by atoms with Crippen LogP contribution in [0.1, 0.15) is 38.5 Å². The van der Waals surface area contributed by atoms with Crippen LogP contribution in [0.15, 0.2) is 24.4 Å². The van der Waals surface area contributed by atoms with Gasteiger partial charge in [0.15, 0.2) is 21.3 Å². The number of ether oxygens (including phenoxy) is 2. The number of likely N-dealkylation sites (tertiary alicyclic amines) is 1. The van der Waals surface area contributed by atoms with Crippen LogP contribution < -0.4 is 14.4 Å². The van der Waals surface area contributed by atoms with Crippen molar-refractivity contribution in [3.8, 4) is 11.5 Å². The summed E-state index contributed by atoms with van der Waals surface area (Å²) < 4.78 is 36.7. The maximum atomic E-state index is 12.4. The molecule has 1 unspecified atom stereocenters. The maximum absolute atomic E-state index is 12.4. The third-order valence-corrected chi connectivity index (χ3v) is 9.87. The Kier molecular flexibility index (Phi) is 5.79. The number of hydrogen-bond donors (Lipinski definition) is 1. The number of methoxy groups -OCH3 is 1. The minimum absolute atomic E-state index is 0.221. The van der Waals surface area contributed by atoms with Crippen LogP contribution in [0.4, 0.5) is 5.82 Å². The molecule has 1 atom stereocenters. The first kappa shape index (κ1) is 22.9. The summed E-state index contributed by atoms with van der Waals surface area (Å²) >= 11 is 0. The van der Waals surface area contributed by atoms with Crippen molar-refractivity contribution in [2.45, 2.75) is 44.1 Å². The largest absolute Gasteiger partial charge is 0.493 e. The van der Waals surface area contributed by atoms with E-state index < -0.39 is 9.84 Å². The van der Waals surface area contributed by atoms with Gasteiger partial charge in [-0.25, -0.2) is 13.4 Å². The molecule has 0 amide bonds. The molecule has 188 valence electrons. The van der Waals surface area contributed by atoms with E-state index in [9.17, 15) is 8.42 Å². The lowest BCUT2D eigenvalue weighted by Gasteiger charge is -2.35. The Morgan fingerprint density at radius 3 is 2.71 bits per heavy atom. The summed E-state index contributed by atoms with van der Waals surface area (Å²) in [4.78, 5) is 13.1. The Labute approximate surface area is 206 Å². The average molecular weight is 499 g/mol. The fourth-order valence-corrected chi connectivity index (χ4v) is 8.47. The van der Waals surface area contributed by atoms with Gasteiger partial charge < -0.3 is 24.3 Å². The summed E-state index contributed by atoms with van der Waals surface area (Å²) in [6.45, 7) is 4.94. The van der Waals surface area contributed by atoms with Gasteiger partial charge in [-0.1, -0.05) is 0 Å². The second-order valence-electron chi connectivity index (χ2n) is 10.3. The van der Waals surface area contributed by atoms with E-state index in [-0.39, 0.29) is 17.0 Å². The molecule has 9 heteroatoms. The van der Waals surface area contributed by atoms with Crippen molar-refractivity contribution in [1.82, 2.24) is 14.9 Å². The second kappa shape index (κ2) is 8.85. The molecule has 5 heterocycles. The summed E-state index contributed by atoms with van der Waals surface area (Å²) in [5.74, 6) is 2.79. The minimum Gasteiger partial charge on any atom is -0.493 e. The van der Waals surface area contributed by atoms with Gasteiger partial charge in [-0.3, -0.25) is 0 Å². The number of rotatable bonds is 7. The first-order chi connectivity index (χ1) is 17.0. The standard InChI is InChI=1S/C26H34N4O4S/c1-33-22-16-19-21(17-23(22)34-14-5-12-29-10-2-3-11-29)28-20-6-9-27-25(24(19)20)30-13-4-7-26(30)8-15-35(31,32)18-26/h6,9,16-17,28H,2-5,7-8,10-15,18H2,1H3. The fraction of sp³-hybridized carbons (Fsp3) is 0.577. The summed E-state index contributed by atoms with van der Waals surface area (Å²) in [6, 6.07) is 6.03. The van der Waals surface area contributed by atoms with Crippen LogP contribution >= 0.6 is 0 Å². The molecule has 1 spiro atoms. The highest BCUT2D eigenvalue weighted by atomic mass is 32.2. The Balaban J connectivity index is 1.33. The number of nitrogens with one attached hydrogen (secondary N) is 1. The monoisotopic (exact) mass is 498 g/mol. The molecule has 0 radical (unpaired) electrons. The molecule has 2 aromatic heterocycles. The van der Waals surface area contributed by atoms with Crippen LogP contribution in [-0.2, 0) is 9.84 Å². The van der Waals surface area contributed by atoms with E-state index in [0.717, 1.165) is 65.7 Å². The van der Waals surface area contributed by atoms with Crippen molar-refractivity contribution in [2.75, 3.05) is 56.3 Å². The topological polar surface area (TPSA) is 87.8 Å². The molecule has 6 rings (SSSR count). The zero-order valence-corrected chi connectivity index (χ0v) is 21.2. The number of benzene rings is 1. The molecule has 1 aromatic carbocycles. The summed E-state index contributed by atoms with van der Waals surface area (Å²) in [5, 5.41) is 2.04. The average Bonchev–Trinajstić information content (AvgIpc) is 3.62. The van der Waals surface area contributed by atoms with Crippen LogP contribution in [-0.4, -0.2) is 80.2 Å². The van der Waals surface area contributed by atoms with Gasteiger partial charge in [-0.2, -0.15) is 0 Å². The maximum Gasteiger partial charge on any atom is 0.163 e. The van der Waals surface area contributed by atoms with Crippen LogP contribution in [0, 0.1) is 0 Å². The van der Waals surface area contributed by atoms with Crippen molar-refractivity contribution in [2.24, 2.45) is 0 Å². The van der Waals surface area contributed by atoms with E-state index in [1.54, 1.807) is 7.11 Å². The quantitative estimate of drug-likeness (QED) is 0.497. The zero-order chi connectivity index (χ0) is 24.0. The molecule has 3 saturated heterocycles. The Hall–Kier alpha value is -2.52. The smallest absolute Gasteiger partial charge is 0.163 e. The Morgan fingerprint density at radius 2 is 1.94 bits per heavy atom. The van der Waals surface area contributed by atoms with Gasteiger partial charge in [0.05, 0.1) is 47.2 Å². The van der Waals surface area contributed by atoms with Gasteiger partial charge in [0.2, 0.25) is 0 Å². The second-order valence-corrected chi connectivity index (χ2v) is 12.5. The minimum atomic E-state index is -3.01. The lowest BCUT2D eigenvalue weighted by molar-refractivity contribution is 0.254. The molecular weight excluding hydrogens is 464 g/mol. The predicted molar refractivity (Wildman–Crippen MR) is 139 cm³/mol. The van der Waals surface area contributed by atoms with Crippen LogP contribution in [0.5, 0.6) is 11.5 Å². The third kappa shape index (κ3) is 4.12. The molecule has 0 bridgehead atoms. The number of fused-ring (bicyclic) bond motifs is 3. The van der Waals surface area contributed by atoms with Gasteiger partial charge in [0.1, 0.15) is 5.82 Å². The zero-order valence-electron chi connectivity index (χ0n) is 20.4. The van der Waals surface area contributed by atoms with Gasteiger partial charge in [-0.15, -0.1) is 0 Å². The summed E-state index contributed by atoms with van der Waals surface area (Å²) in [5.41, 5.74) is 1.62. The van der Waals surface area contributed by atoms with Crippen molar-refractivity contribution in [1.29, 1.82) is 0 Å². The molecule has 3 aromatic rings. The van der Waals surface area contributed by atoms with E-state index in [2.05, 4.69) is 14.8 Å². The summed E-state index contributed by atoms with van der Waals surface area (Å²) in [6.07, 6.45) is 7.96. The third-order valence-electron chi connectivity index (χ3n) is 8.07. The fourth-order valence-electron chi connectivity index (χ4n) is 6.37. The van der Waals surface area contributed by atoms with Crippen LogP contribution in [0.25, 0.3) is 21.8 Å². The van der Waals surface area contributed by atoms with E-state index in [1.807, 2.05) is 24.4 Å². The number of pyridine rings is 1. The van der Waals surface area contributed by atoms with E-state index >= 15 is 0 Å². The highest BCUT2D eigenvalue weighted by Crippen LogP contribution is 2.45. The molecule has 8 nitrogen and oxygen atoms in total. The van der Waals surface area contributed by atoms with E-state index in [0.29, 0.717) is 18.8 Å². The molecule has 1 N–H and O–H groups in total.